The number of rotatable bonds is 14. The monoisotopic (exact) mass is 463 g/mol. The predicted molar refractivity (Wildman–Crippen MR) is 99.3 cm³/mol. The van der Waals surface area contributed by atoms with Gasteiger partial charge in [-0.3, -0.25) is 28.8 Å². The van der Waals surface area contributed by atoms with Crippen LogP contribution in [0.3, 0.4) is 0 Å². The second-order valence-electron chi connectivity index (χ2n) is 5.47. The number of carboxylic acids is 4. The average molecular weight is 463 g/mol. The topological polar surface area (TPSA) is 233 Å². The molecule has 0 heterocycles. The predicted octanol–water partition coefficient (Wildman–Crippen LogP) is -2.86. The molecule has 0 saturated carbocycles. The van der Waals surface area contributed by atoms with Gasteiger partial charge in [0.2, 0.25) is 11.8 Å². The molecule has 0 aliphatic rings. The molecule has 0 rings (SSSR count). The van der Waals surface area contributed by atoms with E-state index in [4.69, 9.17) is 26.2 Å². The molecule has 2 amide bonds. The van der Waals surface area contributed by atoms with Gasteiger partial charge < -0.3 is 36.8 Å². The molecule has 29 heavy (non-hydrogen) atoms. The maximum absolute atomic E-state index is 12.0. The Hall–Kier alpha value is -1.61. The summed E-state index contributed by atoms with van der Waals surface area (Å²) in [6.07, 6.45) is -1.31. The van der Waals surface area contributed by atoms with E-state index in [0.717, 1.165) is 0 Å². The molecule has 1 unspecified atom stereocenters. The zero-order valence-electron chi connectivity index (χ0n) is 15.2. The Kier molecular flexibility index (Phi) is 15.6. The molecule has 0 spiro atoms. The van der Waals surface area contributed by atoms with E-state index in [1.54, 1.807) is 0 Å². The molecule has 3 atom stereocenters. The Labute approximate surface area is 198 Å². The average Bonchev–Trinajstić information content (AvgIpc) is 2.58. The number of thioether (sulfide) groups is 1. The van der Waals surface area contributed by atoms with E-state index in [1.165, 1.54) is 0 Å². The minimum atomic E-state index is -1.43. The van der Waals surface area contributed by atoms with Crippen LogP contribution in [0, 0.1) is 0 Å². The fourth-order valence-corrected chi connectivity index (χ4v) is 2.80. The SMILES string of the molecule is N[C@@H](CCC(=O)N[C@@H](CSC(CC(=O)O)C(=O)O)C(=O)NCC(=O)O)C(=O)O.[Ca]. The third-order valence-electron chi connectivity index (χ3n) is 3.16. The third kappa shape index (κ3) is 14.1. The Morgan fingerprint density at radius 2 is 1.52 bits per heavy atom. The van der Waals surface area contributed by atoms with Gasteiger partial charge in [0, 0.05) is 49.9 Å². The van der Waals surface area contributed by atoms with E-state index in [0.29, 0.717) is 11.8 Å². The fourth-order valence-electron chi connectivity index (χ4n) is 1.73. The summed E-state index contributed by atoms with van der Waals surface area (Å²) in [7, 11) is 0. The molecule has 0 fully saturated rings. The first-order valence-corrected chi connectivity index (χ1v) is 8.82. The van der Waals surface area contributed by atoms with Crippen LogP contribution in [0.25, 0.3) is 0 Å². The van der Waals surface area contributed by atoms with Gasteiger partial charge in [-0.15, -0.1) is 11.8 Å². The quantitative estimate of drug-likeness (QED) is 0.129. The Bertz CT molecular complexity index is 633. The third-order valence-corrected chi connectivity index (χ3v) is 4.46. The van der Waals surface area contributed by atoms with Crippen molar-refractivity contribution in [3.05, 3.63) is 0 Å². The minimum Gasteiger partial charge on any atom is -0.481 e. The molecule has 160 valence electrons. The summed E-state index contributed by atoms with van der Waals surface area (Å²) in [5.41, 5.74) is 5.27. The summed E-state index contributed by atoms with van der Waals surface area (Å²) in [5.74, 6) is -7.53. The van der Waals surface area contributed by atoms with Crippen molar-refractivity contribution in [3.8, 4) is 0 Å². The van der Waals surface area contributed by atoms with E-state index in [2.05, 4.69) is 5.32 Å². The first-order chi connectivity index (χ1) is 12.9. The second kappa shape index (κ2) is 15.3. The normalized spacial score (nSPS) is 13.1. The first kappa shape index (κ1) is 29.6. The van der Waals surface area contributed by atoms with Gasteiger partial charge in [0.15, 0.2) is 0 Å². The van der Waals surface area contributed by atoms with E-state index in [-0.39, 0.29) is 56.3 Å². The standard InChI is InChI=1S/C14H21N3O10S.Ca/c15-6(13(24)25)1-2-9(18)17-7(12(23)16-4-11(21)22)5-28-8(14(26)27)3-10(19)20;/h6-8H,1-5,15H2,(H,16,23)(H,17,18)(H,19,20)(H,21,22)(H,24,25)(H,26,27);/t6-,7-,8?;/m0./s1. The molecule has 0 aliphatic heterocycles. The molecule has 0 aromatic rings. The molecular weight excluding hydrogens is 442 g/mol. The van der Waals surface area contributed by atoms with Crippen LogP contribution in [0.1, 0.15) is 19.3 Å². The van der Waals surface area contributed by atoms with Gasteiger partial charge in [-0.1, -0.05) is 0 Å². The van der Waals surface area contributed by atoms with Crippen LogP contribution in [0.4, 0.5) is 0 Å². The van der Waals surface area contributed by atoms with E-state index >= 15 is 0 Å². The van der Waals surface area contributed by atoms with Crippen molar-refractivity contribution in [2.45, 2.75) is 36.6 Å². The number of carbonyl (C=O) groups excluding carboxylic acids is 2. The van der Waals surface area contributed by atoms with E-state index < -0.39 is 66.0 Å². The van der Waals surface area contributed by atoms with Gasteiger partial charge in [-0.05, 0) is 6.42 Å². The zero-order valence-corrected chi connectivity index (χ0v) is 18.2. The summed E-state index contributed by atoms with van der Waals surface area (Å²) in [4.78, 5) is 66.9. The first-order valence-electron chi connectivity index (χ1n) is 7.77. The van der Waals surface area contributed by atoms with Crippen LogP contribution in [-0.4, -0.2) is 123 Å². The van der Waals surface area contributed by atoms with Gasteiger partial charge in [-0.2, -0.15) is 0 Å². The van der Waals surface area contributed by atoms with Gasteiger partial charge in [0.25, 0.3) is 0 Å². The Balaban J connectivity index is 0. The molecule has 15 heteroatoms. The smallest absolute Gasteiger partial charge is 0.322 e. The molecule has 0 saturated heterocycles. The number of nitrogens with two attached hydrogens (primary N) is 1. The van der Waals surface area contributed by atoms with Crippen molar-refractivity contribution in [1.29, 1.82) is 0 Å². The van der Waals surface area contributed by atoms with Crippen molar-refractivity contribution >= 4 is 85.2 Å². The van der Waals surface area contributed by atoms with Crippen molar-refractivity contribution in [3.63, 3.8) is 0 Å². The van der Waals surface area contributed by atoms with Crippen molar-refractivity contribution in [1.82, 2.24) is 10.6 Å². The largest absolute Gasteiger partial charge is 0.481 e. The van der Waals surface area contributed by atoms with Crippen LogP contribution in [-0.2, 0) is 28.8 Å². The van der Waals surface area contributed by atoms with Crippen LogP contribution < -0.4 is 16.4 Å². The van der Waals surface area contributed by atoms with Gasteiger partial charge >= 0.3 is 23.9 Å². The number of carboxylic acid groups (broad SMARTS) is 4. The van der Waals surface area contributed by atoms with Crippen LogP contribution in [0.5, 0.6) is 0 Å². The Morgan fingerprint density at radius 1 is 0.931 bits per heavy atom. The molecule has 13 nitrogen and oxygen atoms in total. The summed E-state index contributed by atoms with van der Waals surface area (Å²) < 4.78 is 0. The molecule has 0 aromatic carbocycles. The molecular formula is C14H21CaN3O10S. The molecule has 0 aromatic heterocycles. The maximum atomic E-state index is 12.0. The van der Waals surface area contributed by atoms with E-state index in [9.17, 15) is 28.8 Å². The molecule has 0 bridgehead atoms. The Morgan fingerprint density at radius 3 is 1.97 bits per heavy atom. The summed E-state index contributed by atoms with van der Waals surface area (Å²) in [5, 5.41) is 37.8. The number of aliphatic carboxylic acids is 4. The number of carbonyl (C=O) groups is 6. The number of hydrogen-bond donors (Lipinski definition) is 7. The maximum Gasteiger partial charge on any atom is 0.322 e. The van der Waals surface area contributed by atoms with Crippen molar-refractivity contribution in [2.75, 3.05) is 12.3 Å². The summed E-state index contributed by atoms with van der Waals surface area (Å²) in [6, 6.07) is -2.67. The number of hydrogen-bond acceptors (Lipinski definition) is 8. The molecule has 8 N–H and O–H groups in total. The second-order valence-corrected chi connectivity index (χ2v) is 6.71. The minimum absolute atomic E-state index is 0. The van der Waals surface area contributed by atoms with E-state index in [1.807, 2.05) is 5.32 Å². The van der Waals surface area contributed by atoms with Crippen LogP contribution >= 0.6 is 11.8 Å². The molecule has 0 aliphatic carbocycles. The summed E-state index contributed by atoms with van der Waals surface area (Å²) >= 11 is 0.578. The van der Waals surface area contributed by atoms with Crippen LogP contribution in [0.15, 0.2) is 0 Å². The van der Waals surface area contributed by atoms with Gasteiger partial charge in [-0.25, -0.2) is 0 Å². The van der Waals surface area contributed by atoms with Crippen molar-refractivity contribution < 1.29 is 49.2 Å². The van der Waals surface area contributed by atoms with Crippen molar-refractivity contribution in [2.24, 2.45) is 5.73 Å². The summed E-state index contributed by atoms with van der Waals surface area (Å²) in [6.45, 7) is -0.753. The number of amides is 2. The number of nitrogens with one attached hydrogen (secondary N) is 2. The molecule has 2 radical (unpaired) electrons. The van der Waals surface area contributed by atoms with Gasteiger partial charge in [0.1, 0.15) is 23.9 Å². The fraction of sp³-hybridized carbons (Fsp3) is 0.571. The van der Waals surface area contributed by atoms with Gasteiger partial charge in [0.05, 0.1) is 6.42 Å². The van der Waals surface area contributed by atoms with Crippen LogP contribution in [0.2, 0.25) is 0 Å². The zero-order chi connectivity index (χ0) is 21.9.